The fourth-order valence-electron chi connectivity index (χ4n) is 2.59. The second kappa shape index (κ2) is 8.89. The number of aromatic nitrogens is 1. The van der Waals surface area contributed by atoms with Crippen molar-refractivity contribution in [3.05, 3.63) is 89.6 Å². The van der Waals surface area contributed by atoms with Crippen LogP contribution in [0.25, 0.3) is 0 Å². The monoisotopic (exact) mass is 367 g/mol. The molecule has 1 heterocycles. The van der Waals surface area contributed by atoms with Gasteiger partial charge in [-0.1, -0.05) is 30.3 Å². The van der Waals surface area contributed by atoms with Crippen molar-refractivity contribution in [2.45, 2.75) is 12.8 Å². The van der Waals surface area contributed by atoms with E-state index in [0.717, 1.165) is 5.56 Å². The third kappa shape index (κ3) is 5.60. The molecule has 0 bridgehead atoms. The molecule has 0 unspecified atom stereocenters. The van der Waals surface area contributed by atoms with E-state index in [2.05, 4.69) is 15.6 Å². The van der Waals surface area contributed by atoms with Crippen molar-refractivity contribution < 1.29 is 13.6 Å². The second-order valence-corrected chi connectivity index (χ2v) is 6.05. The number of halogens is 2. The van der Waals surface area contributed by atoms with Gasteiger partial charge in [0.15, 0.2) is 0 Å². The molecule has 0 fully saturated rings. The van der Waals surface area contributed by atoms with Crippen molar-refractivity contribution in [1.82, 2.24) is 4.98 Å². The number of amides is 1. The highest BCUT2D eigenvalue weighted by Crippen LogP contribution is 2.12. The fourth-order valence-corrected chi connectivity index (χ4v) is 2.59. The van der Waals surface area contributed by atoms with Crippen LogP contribution in [0.15, 0.2) is 66.9 Å². The number of hydrogen-bond acceptors (Lipinski definition) is 3. The predicted molar refractivity (Wildman–Crippen MR) is 102 cm³/mol. The lowest BCUT2D eigenvalue weighted by Gasteiger charge is -2.08. The van der Waals surface area contributed by atoms with Gasteiger partial charge in [0.2, 0.25) is 5.91 Å². The molecule has 0 aliphatic heterocycles. The average Bonchev–Trinajstić information content (AvgIpc) is 2.66. The molecular weight excluding hydrogens is 348 g/mol. The van der Waals surface area contributed by atoms with Crippen molar-refractivity contribution in [2.75, 3.05) is 17.2 Å². The molecule has 3 rings (SSSR count). The number of hydrogen-bond donors (Lipinski definition) is 2. The van der Waals surface area contributed by atoms with E-state index in [4.69, 9.17) is 0 Å². The number of nitrogens with zero attached hydrogens (tertiary/aromatic N) is 1. The molecule has 0 aliphatic carbocycles. The van der Waals surface area contributed by atoms with Gasteiger partial charge in [-0.05, 0) is 47.9 Å². The minimum atomic E-state index is -0.332. The first kappa shape index (κ1) is 18.5. The highest BCUT2D eigenvalue weighted by Gasteiger charge is 2.05. The van der Waals surface area contributed by atoms with Crippen LogP contribution in [0.5, 0.6) is 0 Å². The molecule has 27 heavy (non-hydrogen) atoms. The van der Waals surface area contributed by atoms with Gasteiger partial charge in [-0.25, -0.2) is 13.8 Å². The molecule has 3 aromatic rings. The molecule has 2 N–H and O–H groups in total. The number of nitrogens with one attached hydrogen (secondary N) is 2. The molecule has 138 valence electrons. The van der Waals surface area contributed by atoms with E-state index in [1.807, 2.05) is 0 Å². The summed E-state index contributed by atoms with van der Waals surface area (Å²) in [7, 11) is 0. The Labute approximate surface area is 156 Å². The van der Waals surface area contributed by atoms with Crippen molar-refractivity contribution in [3.8, 4) is 0 Å². The number of pyridine rings is 1. The lowest BCUT2D eigenvalue weighted by Crippen LogP contribution is -2.14. The van der Waals surface area contributed by atoms with E-state index >= 15 is 0 Å². The van der Waals surface area contributed by atoms with Crippen LogP contribution in [0.4, 0.5) is 20.3 Å². The van der Waals surface area contributed by atoms with Crippen LogP contribution >= 0.6 is 0 Å². The van der Waals surface area contributed by atoms with E-state index in [1.165, 1.54) is 18.2 Å². The van der Waals surface area contributed by atoms with Gasteiger partial charge in [0.25, 0.3) is 0 Å². The summed E-state index contributed by atoms with van der Waals surface area (Å²) in [6, 6.07) is 16.0. The van der Waals surface area contributed by atoms with E-state index < -0.39 is 0 Å². The molecule has 6 heteroatoms. The minimum Gasteiger partial charge on any atom is -0.370 e. The quantitative estimate of drug-likeness (QED) is 0.658. The molecule has 0 saturated heterocycles. The summed E-state index contributed by atoms with van der Waals surface area (Å²) < 4.78 is 26.4. The van der Waals surface area contributed by atoms with E-state index in [-0.39, 0.29) is 24.0 Å². The summed E-state index contributed by atoms with van der Waals surface area (Å²) in [5, 5.41) is 5.87. The molecule has 0 spiro atoms. The Kier molecular flexibility index (Phi) is 6.10. The summed E-state index contributed by atoms with van der Waals surface area (Å²) >= 11 is 0. The molecule has 0 saturated carbocycles. The largest absolute Gasteiger partial charge is 0.370 e. The first-order valence-corrected chi connectivity index (χ1v) is 8.58. The van der Waals surface area contributed by atoms with Gasteiger partial charge in [-0.2, -0.15) is 0 Å². The van der Waals surface area contributed by atoms with Gasteiger partial charge >= 0.3 is 0 Å². The lowest BCUT2D eigenvalue weighted by atomic mass is 10.1. The van der Waals surface area contributed by atoms with E-state index in [0.29, 0.717) is 30.0 Å². The lowest BCUT2D eigenvalue weighted by molar-refractivity contribution is -0.115. The second-order valence-electron chi connectivity index (χ2n) is 6.05. The van der Waals surface area contributed by atoms with Gasteiger partial charge in [-0.15, -0.1) is 0 Å². The third-order valence-electron chi connectivity index (χ3n) is 3.98. The van der Waals surface area contributed by atoms with Crippen LogP contribution in [-0.4, -0.2) is 17.4 Å². The normalized spacial score (nSPS) is 10.4. The first-order chi connectivity index (χ1) is 13.1. The Hall–Kier alpha value is -3.28. The maximum Gasteiger partial charge on any atom is 0.228 e. The van der Waals surface area contributed by atoms with Gasteiger partial charge in [-0.3, -0.25) is 4.79 Å². The third-order valence-corrected chi connectivity index (χ3v) is 3.98. The zero-order valence-corrected chi connectivity index (χ0v) is 14.6. The zero-order valence-electron chi connectivity index (χ0n) is 14.6. The predicted octanol–water partition coefficient (Wildman–Crippen LogP) is 4.20. The Bertz CT molecular complexity index is 896. The highest BCUT2D eigenvalue weighted by molar-refractivity contribution is 5.92. The molecule has 0 aliphatic rings. The molecule has 4 nitrogen and oxygen atoms in total. The van der Waals surface area contributed by atoms with Gasteiger partial charge < -0.3 is 10.6 Å². The van der Waals surface area contributed by atoms with Crippen LogP contribution in [-0.2, 0) is 17.6 Å². The summed E-state index contributed by atoms with van der Waals surface area (Å²) in [5.41, 5.74) is 1.95. The molecule has 1 amide bonds. The summed E-state index contributed by atoms with van der Waals surface area (Å²) in [6.07, 6.45) is 2.25. The molecule has 0 atom stereocenters. The highest BCUT2D eigenvalue weighted by atomic mass is 19.1. The van der Waals surface area contributed by atoms with Crippen molar-refractivity contribution in [1.29, 1.82) is 0 Å². The van der Waals surface area contributed by atoms with Crippen molar-refractivity contribution in [2.24, 2.45) is 0 Å². The number of benzene rings is 2. The summed E-state index contributed by atoms with van der Waals surface area (Å²) in [4.78, 5) is 16.3. The topological polar surface area (TPSA) is 54.0 Å². The van der Waals surface area contributed by atoms with Gasteiger partial charge in [0.05, 0.1) is 18.3 Å². The average molecular weight is 367 g/mol. The van der Waals surface area contributed by atoms with Gasteiger partial charge in [0, 0.05) is 6.54 Å². The number of rotatable bonds is 7. The Morgan fingerprint density at radius 2 is 1.74 bits per heavy atom. The smallest absolute Gasteiger partial charge is 0.228 e. The van der Waals surface area contributed by atoms with E-state index in [1.54, 1.807) is 48.7 Å². The number of carbonyl (C=O) groups excluding carboxylic acids is 1. The first-order valence-electron chi connectivity index (χ1n) is 8.58. The van der Waals surface area contributed by atoms with Gasteiger partial charge in [0.1, 0.15) is 17.5 Å². The van der Waals surface area contributed by atoms with Crippen molar-refractivity contribution >= 4 is 17.4 Å². The van der Waals surface area contributed by atoms with Crippen LogP contribution in [0.2, 0.25) is 0 Å². The minimum absolute atomic E-state index is 0.156. The van der Waals surface area contributed by atoms with Crippen LogP contribution < -0.4 is 10.6 Å². The fraction of sp³-hybridized carbons (Fsp3) is 0.143. The van der Waals surface area contributed by atoms with Crippen molar-refractivity contribution in [3.63, 3.8) is 0 Å². The summed E-state index contributed by atoms with van der Waals surface area (Å²) in [5.74, 6) is -0.112. The zero-order chi connectivity index (χ0) is 19.1. The molecule has 1 aromatic heterocycles. The Morgan fingerprint density at radius 1 is 0.963 bits per heavy atom. The van der Waals surface area contributed by atoms with Crippen LogP contribution in [0.3, 0.4) is 0 Å². The SMILES string of the molecule is O=C(Cc1ccc(F)cc1)Nc1ccc(NCCc2ccccc2F)nc1. The Balaban J connectivity index is 1.47. The summed E-state index contributed by atoms with van der Waals surface area (Å²) in [6.45, 7) is 0.546. The molecular formula is C21H19F2N3O. The van der Waals surface area contributed by atoms with Crippen LogP contribution in [0, 0.1) is 11.6 Å². The number of carbonyl (C=O) groups is 1. The standard InChI is InChI=1S/C21H19F2N3O/c22-17-7-5-15(6-8-17)13-21(27)26-18-9-10-20(25-14-18)24-12-11-16-3-1-2-4-19(16)23/h1-10,14H,11-13H2,(H,24,25)(H,26,27). The molecule has 0 radical (unpaired) electrons. The maximum absolute atomic E-state index is 13.6. The maximum atomic E-state index is 13.6. The molecule has 2 aromatic carbocycles. The van der Waals surface area contributed by atoms with E-state index in [9.17, 15) is 13.6 Å². The Morgan fingerprint density at radius 3 is 2.44 bits per heavy atom. The van der Waals surface area contributed by atoms with Crippen LogP contribution in [0.1, 0.15) is 11.1 Å². The number of anilines is 2.